The number of thiophene rings is 1. The van der Waals surface area contributed by atoms with E-state index in [1.54, 1.807) is 11.3 Å². The van der Waals surface area contributed by atoms with Crippen molar-refractivity contribution in [3.8, 4) is 0 Å². The molecule has 2 bridgehead atoms. The molecule has 32 heavy (non-hydrogen) atoms. The molecule has 2 aliphatic rings. The quantitative estimate of drug-likeness (QED) is 0.431. The Hall–Kier alpha value is -2.56. The zero-order chi connectivity index (χ0) is 22.2. The third kappa shape index (κ3) is 4.62. The number of aromatic amines is 1. The lowest BCUT2D eigenvalue weighted by molar-refractivity contribution is -0.125. The number of aryl methyl sites for hydroxylation is 1. The van der Waals surface area contributed by atoms with Gasteiger partial charge < -0.3 is 20.9 Å². The minimum Gasteiger partial charge on any atom is -0.351 e. The van der Waals surface area contributed by atoms with Crippen molar-refractivity contribution in [2.24, 2.45) is 5.92 Å². The van der Waals surface area contributed by atoms with Gasteiger partial charge in [-0.1, -0.05) is 0 Å². The second-order valence-corrected chi connectivity index (χ2v) is 10.3. The van der Waals surface area contributed by atoms with Crippen LogP contribution in [0.1, 0.15) is 31.4 Å². The predicted molar refractivity (Wildman–Crippen MR) is 128 cm³/mol. The van der Waals surface area contributed by atoms with Crippen LogP contribution < -0.4 is 16.0 Å². The number of nitrogens with one attached hydrogen (secondary N) is 4. The van der Waals surface area contributed by atoms with Crippen LogP contribution in [0.4, 0.5) is 17.6 Å². The summed E-state index contributed by atoms with van der Waals surface area (Å²) in [6, 6.07) is 4.96. The van der Waals surface area contributed by atoms with Gasteiger partial charge in [-0.05, 0) is 58.1 Å². The molecule has 0 saturated carbocycles. The summed E-state index contributed by atoms with van der Waals surface area (Å²) in [5.74, 6) is 2.68. The molecule has 5 rings (SSSR count). The van der Waals surface area contributed by atoms with E-state index < -0.39 is 0 Å². The molecule has 170 valence electrons. The van der Waals surface area contributed by atoms with Crippen LogP contribution in [0.3, 0.4) is 0 Å². The van der Waals surface area contributed by atoms with Crippen LogP contribution in [0, 0.1) is 12.8 Å². The fourth-order valence-corrected chi connectivity index (χ4v) is 5.76. The van der Waals surface area contributed by atoms with Gasteiger partial charge in [0.1, 0.15) is 5.78 Å². The number of anilines is 3. The Morgan fingerprint density at radius 3 is 2.69 bits per heavy atom. The summed E-state index contributed by atoms with van der Waals surface area (Å²) >= 11 is 1.62. The van der Waals surface area contributed by atoms with Gasteiger partial charge in [0, 0.05) is 35.8 Å². The van der Waals surface area contributed by atoms with E-state index in [0.717, 1.165) is 53.2 Å². The molecule has 2 aliphatic heterocycles. The largest absolute Gasteiger partial charge is 0.351 e. The van der Waals surface area contributed by atoms with E-state index in [1.807, 2.05) is 43.4 Å². The van der Waals surface area contributed by atoms with Crippen molar-refractivity contribution >= 4 is 44.9 Å². The molecule has 2 saturated heterocycles. The second-order valence-electron chi connectivity index (χ2n) is 9.34. The molecular formula is C22H30N8OS. The van der Waals surface area contributed by atoms with Gasteiger partial charge in [0.2, 0.25) is 5.95 Å². The molecule has 3 aromatic heterocycles. The lowest BCUT2D eigenvalue weighted by atomic mass is 9.76. The third-order valence-electron chi connectivity index (χ3n) is 6.26. The van der Waals surface area contributed by atoms with Crippen molar-refractivity contribution in [3.05, 3.63) is 23.2 Å². The SMILES string of the molecule is Cc1cc(Nc2nc(N[C@@H]3C[C@H]4CC(C(=O)CN(C)C)C[C@@H](C3)N4)nc3ccsc23)n[nH]1. The molecule has 2 fully saturated rings. The number of carbonyl (C=O) groups excluding carboxylic acids is 1. The van der Waals surface area contributed by atoms with Crippen LogP contribution >= 0.6 is 11.3 Å². The summed E-state index contributed by atoms with van der Waals surface area (Å²) in [5.41, 5.74) is 1.91. The number of hydrogen-bond donors (Lipinski definition) is 4. The van der Waals surface area contributed by atoms with E-state index >= 15 is 0 Å². The number of nitrogens with zero attached hydrogens (tertiary/aromatic N) is 4. The van der Waals surface area contributed by atoms with Crippen molar-refractivity contribution < 1.29 is 4.79 Å². The normalized spacial score (nSPS) is 25.2. The van der Waals surface area contributed by atoms with E-state index in [-0.39, 0.29) is 12.0 Å². The molecule has 5 heterocycles. The number of hydrogen-bond acceptors (Lipinski definition) is 9. The predicted octanol–water partition coefficient (Wildman–Crippen LogP) is 2.91. The Labute approximate surface area is 191 Å². The fraction of sp³-hybridized carbons (Fsp3) is 0.545. The Balaban J connectivity index is 1.29. The molecular weight excluding hydrogens is 424 g/mol. The van der Waals surface area contributed by atoms with Gasteiger partial charge in [-0.3, -0.25) is 9.89 Å². The molecule has 0 amide bonds. The number of aromatic nitrogens is 4. The van der Waals surface area contributed by atoms with Crippen LogP contribution in [-0.4, -0.2) is 69.6 Å². The smallest absolute Gasteiger partial charge is 0.225 e. The van der Waals surface area contributed by atoms with Gasteiger partial charge in [0.05, 0.1) is 16.8 Å². The lowest BCUT2D eigenvalue weighted by Crippen LogP contribution is -2.55. The molecule has 10 heteroatoms. The van der Waals surface area contributed by atoms with E-state index in [9.17, 15) is 4.79 Å². The Kier molecular flexibility index (Phi) is 5.83. The number of ketones is 1. The maximum Gasteiger partial charge on any atom is 0.225 e. The molecule has 4 atom stereocenters. The Morgan fingerprint density at radius 1 is 1.22 bits per heavy atom. The van der Waals surface area contributed by atoms with Crippen molar-refractivity contribution in [2.75, 3.05) is 31.3 Å². The molecule has 0 aliphatic carbocycles. The number of H-pyrrole nitrogens is 1. The summed E-state index contributed by atoms with van der Waals surface area (Å²) in [4.78, 5) is 24.1. The van der Waals surface area contributed by atoms with Crippen molar-refractivity contribution in [1.82, 2.24) is 30.4 Å². The van der Waals surface area contributed by atoms with Gasteiger partial charge in [0.25, 0.3) is 0 Å². The van der Waals surface area contributed by atoms with Gasteiger partial charge in [-0.15, -0.1) is 11.3 Å². The standard InChI is InChI=1S/C22H30N8OS/c1-12-6-19(29-28-12)26-21-20-17(4-5-32-20)25-22(27-21)24-16-9-14-7-13(8-15(10-16)23-14)18(31)11-30(2)3/h4-6,13-16,23H,7-11H2,1-3H3,(H3,24,25,26,27,28,29)/t13?,14-,15+,16-. The average Bonchev–Trinajstić information content (AvgIpc) is 3.35. The van der Waals surface area contributed by atoms with Crippen LogP contribution in [0.5, 0.6) is 0 Å². The summed E-state index contributed by atoms with van der Waals surface area (Å²) in [6.45, 7) is 2.50. The second kappa shape index (κ2) is 8.76. The monoisotopic (exact) mass is 454 g/mol. The molecule has 0 spiro atoms. The summed E-state index contributed by atoms with van der Waals surface area (Å²) in [7, 11) is 3.92. The number of fused-ring (bicyclic) bond motifs is 3. The third-order valence-corrected chi connectivity index (χ3v) is 7.17. The number of piperidine rings is 2. The van der Waals surface area contributed by atoms with Gasteiger partial charge >= 0.3 is 0 Å². The highest BCUT2D eigenvalue weighted by molar-refractivity contribution is 7.17. The highest BCUT2D eigenvalue weighted by atomic mass is 32.1. The minimum atomic E-state index is 0.168. The number of likely N-dealkylation sites (N-methyl/N-ethyl adjacent to an activating group) is 1. The molecule has 4 N–H and O–H groups in total. The van der Waals surface area contributed by atoms with Gasteiger partial charge in [-0.2, -0.15) is 10.1 Å². The first-order valence-electron chi connectivity index (χ1n) is 11.2. The molecule has 9 nitrogen and oxygen atoms in total. The zero-order valence-electron chi connectivity index (χ0n) is 18.7. The van der Waals surface area contributed by atoms with Gasteiger partial charge in [-0.25, -0.2) is 4.98 Å². The van der Waals surface area contributed by atoms with Crippen molar-refractivity contribution in [1.29, 1.82) is 0 Å². The number of carbonyl (C=O) groups is 1. The first-order valence-corrected chi connectivity index (χ1v) is 12.0. The van der Waals surface area contributed by atoms with Gasteiger partial charge in [0.15, 0.2) is 11.6 Å². The number of rotatable bonds is 7. The summed E-state index contributed by atoms with van der Waals surface area (Å²) in [6.07, 6.45) is 3.76. The highest BCUT2D eigenvalue weighted by Crippen LogP contribution is 2.33. The maximum atomic E-state index is 12.6. The highest BCUT2D eigenvalue weighted by Gasteiger charge is 2.38. The first kappa shape index (κ1) is 21.3. The minimum absolute atomic E-state index is 0.168. The summed E-state index contributed by atoms with van der Waals surface area (Å²) < 4.78 is 1.01. The lowest BCUT2D eigenvalue weighted by Gasteiger charge is -2.43. The van der Waals surface area contributed by atoms with Crippen LogP contribution in [-0.2, 0) is 4.79 Å². The van der Waals surface area contributed by atoms with Crippen molar-refractivity contribution in [2.45, 2.75) is 50.7 Å². The van der Waals surface area contributed by atoms with Crippen LogP contribution in [0.25, 0.3) is 10.2 Å². The molecule has 3 aromatic rings. The van der Waals surface area contributed by atoms with E-state index in [2.05, 4.69) is 26.1 Å². The summed E-state index contributed by atoms with van der Waals surface area (Å²) in [5, 5.41) is 19.9. The van der Waals surface area contributed by atoms with E-state index in [4.69, 9.17) is 9.97 Å². The Bertz CT molecular complexity index is 1090. The average molecular weight is 455 g/mol. The molecule has 0 radical (unpaired) electrons. The molecule has 0 aromatic carbocycles. The van der Waals surface area contributed by atoms with E-state index in [0.29, 0.717) is 30.4 Å². The topological polar surface area (TPSA) is 111 Å². The van der Waals surface area contributed by atoms with Crippen LogP contribution in [0.2, 0.25) is 0 Å². The Morgan fingerprint density at radius 2 is 2.00 bits per heavy atom. The number of Topliss-reactive ketones (excluding diaryl/α,β-unsaturated/α-hetero) is 1. The van der Waals surface area contributed by atoms with Crippen molar-refractivity contribution in [3.63, 3.8) is 0 Å². The fourth-order valence-electron chi connectivity index (χ4n) is 4.98. The van der Waals surface area contributed by atoms with Crippen LogP contribution in [0.15, 0.2) is 17.5 Å². The van der Waals surface area contributed by atoms with E-state index in [1.165, 1.54) is 0 Å². The first-order chi connectivity index (χ1) is 15.4. The maximum absolute atomic E-state index is 12.6. The molecule has 1 unspecified atom stereocenters. The zero-order valence-corrected chi connectivity index (χ0v) is 19.5.